The molecule has 0 aliphatic heterocycles. The van der Waals surface area contributed by atoms with E-state index in [1.807, 2.05) is 0 Å². The highest BCUT2D eigenvalue weighted by Gasteiger charge is 2.15. The molecular weight excluding hydrogens is 112 g/mol. The Bertz CT molecular complexity index is 101. The van der Waals surface area contributed by atoms with Crippen molar-refractivity contribution < 1.29 is 4.79 Å². The molecule has 1 saturated carbocycles. The highest BCUT2D eigenvalue weighted by atomic mass is 16.1. The van der Waals surface area contributed by atoms with Crippen LogP contribution in [0.1, 0.15) is 39.0 Å². The van der Waals surface area contributed by atoms with Crippen LogP contribution in [0, 0.1) is 5.92 Å². The summed E-state index contributed by atoms with van der Waals surface area (Å²) in [5.74, 6) is 1.10. The van der Waals surface area contributed by atoms with Crippen molar-refractivity contribution in [3.63, 3.8) is 0 Å². The van der Waals surface area contributed by atoms with Gasteiger partial charge in [0.15, 0.2) is 0 Å². The maximum absolute atomic E-state index is 10.6. The second-order valence-electron chi connectivity index (χ2n) is 3.06. The van der Waals surface area contributed by atoms with Crippen molar-refractivity contribution in [1.29, 1.82) is 0 Å². The molecule has 0 atom stereocenters. The third kappa shape index (κ3) is 2.17. The maximum atomic E-state index is 10.6. The van der Waals surface area contributed by atoms with Gasteiger partial charge in [0.05, 0.1) is 0 Å². The fraction of sp³-hybridized carbons (Fsp3) is 0.875. The van der Waals surface area contributed by atoms with Crippen LogP contribution in [0.4, 0.5) is 0 Å². The highest BCUT2D eigenvalue weighted by Crippen LogP contribution is 2.27. The lowest BCUT2D eigenvalue weighted by Crippen LogP contribution is -1.99. The van der Waals surface area contributed by atoms with Crippen molar-refractivity contribution >= 4 is 5.78 Å². The molecule has 1 aliphatic carbocycles. The first-order valence-corrected chi connectivity index (χ1v) is 3.78. The van der Waals surface area contributed by atoms with E-state index in [-0.39, 0.29) is 0 Å². The molecule has 0 aromatic carbocycles. The molecule has 52 valence electrons. The Morgan fingerprint density at radius 2 is 2.00 bits per heavy atom. The number of carbonyl (C=O) groups is 1. The van der Waals surface area contributed by atoms with Crippen LogP contribution in [-0.2, 0) is 4.79 Å². The van der Waals surface area contributed by atoms with Crippen molar-refractivity contribution in [3.05, 3.63) is 0 Å². The number of Topliss-reactive ketones (excluding diaryl/α,β-unsaturated/α-hetero) is 1. The summed E-state index contributed by atoms with van der Waals surface area (Å²) in [6.45, 7) is 1.69. The van der Waals surface area contributed by atoms with Gasteiger partial charge in [-0.15, -0.1) is 0 Å². The third-order valence-corrected chi connectivity index (χ3v) is 2.05. The molecule has 1 aliphatic rings. The molecule has 1 nitrogen and oxygen atoms in total. The first-order chi connectivity index (χ1) is 4.29. The van der Waals surface area contributed by atoms with E-state index in [2.05, 4.69) is 0 Å². The number of hydrogen-bond donors (Lipinski definition) is 0. The predicted molar refractivity (Wildman–Crippen MR) is 37.3 cm³/mol. The highest BCUT2D eigenvalue weighted by molar-refractivity contribution is 5.75. The maximum Gasteiger partial charge on any atom is 0.130 e. The van der Waals surface area contributed by atoms with E-state index >= 15 is 0 Å². The van der Waals surface area contributed by atoms with Gasteiger partial charge in [-0.2, -0.15) is 0 Å². The fourth-order valence-electron chi connectivity index (χ4n) is 1.62. The summed E-state index contributed by atoms with van der Waals surface area (Å²) >= 11 is 0. The zero-order valence-corrected chi connectivity index (χ0v) is 6.02. The van der Waals surface area contributed by atoms with E-state index in [1.54, 1.807) is 6.92 Å². The molecule has 0 saturated heterocycles. The molecule has 0 aromatic heterocycles. The smallest absolute Gasteiger partial charge is 0.130 e. The number of ketones is 1. The summed E-state index contributed by atoms with van der Waals surface area (Å²) in [4.78, 5) is 10.6. The zero-order chi connectivity index (χ0) is 6.69. The van der Waals surface area contributed by atoms with Crippen LogP contribution in [0.25, 0.3) is 0 Å². The minimum Gasteiger partial charge on any atom is -0.300 e. The van der Waals surface area contributed by atoms with Crippen molar-refractivity contribution in [2.45, 2.75) is 39.0 Å². The fourth-order valence-corrected chi connectivity index (χ4v) is 1.62. The average Bonchev–Trinajstić information content (AvgIpc) is 2.15. The number of carbonyl (C=O) groups excluding carboxylic acids is 1. The molecule has 0 spiro atoms. The average molecular weight is 126 g/mol. The Balaban J connectivity index is 2.19. The van der Waals surface area contributed by atoms with E-state index in [0.29, 0.717) is 5.78 Å². The summed E-state index contributed by atoms with van der Waals surface area (Å²) in [5, 5.41) is 0. The quantitative estimate of drug-likeness (QED) is 0.554. The van der Waals surface area contributed by atoms with Crippen LogP contribution in [0.3, 0.4) is 0 Å². The largest absolute Gasteiger partial charge is 0.300 e. The zero-order valence-electron chi connectivity index (χ0n) is 6.02. The molecule has 1 heteroatoms. The second kappa shape index (κ2) is 3.00. The molecule has 0 radical (unpaired) electrons. The summed E-state index contributed by atoms with van der Waals surface area (Å²) in [5.41, 5.74) is 0. The predicted octanol–water partition coefficient (Wildman–Crippen LogP) is 2.16. The van der Waals surface area contributed by atoms with Crippen LogP contribution in [0.5, 0.6) is 0 Å². The van der Waals surface area contributed by atoms with Crippen LogP contribution < -0.4 is 0 Å². The van der Waals surface area contributed by atoms with E-state index in [1.165, 1.54) is 25.7 Å². The molecule has 0 N–H and O–H groups in total. The lowest BCUT2D eigenvalue weighted by atomic mass is 10.0. The molecule has 0 heterocycles. The van der Waals surface area contributed by atoms with Gasteiger partial charge in [-0.25, -0.2) is 0 Å². The molecular formula is C8H14O. The standard InChI is InChI=1S/C8H14O/c1-7(9)6-8-4-2-3-5-8/h8H,2-6H2,1H3. The van der Waals surface area contributed by atoms with Crippen molar-refractivity contribution in [2.24, 2.45) is 5.92 Å². The number of hydrogen-bond acceptors (Lipinski definition) is 1. The monoisotopic (exact) mass is 126 g/mol. The Kier molecular flexibility index (Phi) is 2.26. The van der Waals surface area contributed by atoms with Crippen molar-refractivity contribution in [2.75, 3.05) is 0 Å². The minimum absolute atomic E-state index is 0.363. The normalized spacial score (nSPS) is 20.6. The van der Waals surface area contributed by atoms with E-state index in [9.17, 15) is 4.79 Å². The van der Waals surface area contributed by atoms with E-state index in [4.69, 9.17) is 0 Å². The van der Waals surface area contributed by atoms with Gasteiger partial charge in [0.2, 0.25) is 0 Å². The van der Waals surface area contributed by atoms with Gasteiger partial charge in [-0.1, -0.05) is 25.7 Å². The lowest BCUT2D eigenvalue weighted by Gasteiger charge is -2.02. The molecule has 0 unspecified atom stereocenters. The summed E-state index contributed by atoms with van der Waals surface area (Å²) in [6.07, 6.45) is 6.11. The lowest BCUT2D eigenvalue weighted by molar-refractivity contribution is -0.117. The minimum atomic E-state index is 0.363. The van der Waals surface area contributed by atoms with Crippen LogP contribution in [-0.4, -0.2) is 5.78 Å². The second-order valence-corrected chi connectivity index (χ2v) is 3.06. The third-order valence-electron chi connectivity index (χ3n) is 2.05. The van der Waals surface area contributed by atoms with Crippen LogP contribution in [0.2, 0.25) is 0 Å². The summed E-state index contributed by atoms with van der Waals surface area (Å²) < 4.78 is 0. The topological polar surface area (TPSA) is 17.1 Å². The summed E-state index contributed by atoms with van der Waals surface area (Å²) in [6, 6.07) is 0. The summed E-state index contributed by atoms with van der Waals surface area (Å²) in [7, 11) is 0. The van der Waals surface area contributed by atoms with Crippen molar-refractivity contribution in [3.8, 4) is 0 Å². The molecule has 1 rings (SSSR count). The van der Waals surface area contributed by atoms with Crippen LogP contribution in [0.15, 0.2) is 0 Å². The Labute approximate surface area is 56.4 Å². The number of rotatable bonds is 2. The molecule has 1 fully saturated rings. The van der Waals surface area contributed by atoms with Gasteiger partial charge in [0.1, 0.15) is 5.78 Å². The van der Waals surface area contributed by atoms with Gasteiger partial charge in [0, 0.05) is 6.42 Å². The van der Waals surface area contributed by atoms with E-state index < -0.39 is 0 Å². The van der Waals surface area contributed by atoms with Gasteiger partial charge in [-0.05, 0) is 12.8 Å². The van der Waals surface area contributed by atoms with Gasteiger partial charge in [-0.3, -0.25) is 0 Å². The van der Waals surface area contributed by atoms with Crippen molar-refractivity contribution in [1.82, 2.24) is 0 Å². The molecule has 0 aromatic rings. The van der Waals surface area contributed by atoms with Gasteiger partial charge >= 0.3 is 0 Å². The molecule has 9 heavy (non-hydrogen) atoms. The van der Waals surface area contributed by atoms with Crippen LogP contribution >= 0.6 is 0 Å². The van der Waals surface area contributed by atoms with E-state index in [0.717, 1.165) is 12.3 Å². The Hall–Kier alpha value is -0.330. The SMILES string of the molecule is CC(=O)CC1CCCC1. The Morgan fingerprint density at radius 3 is 2.44 bits per heavy atom. The molecule has 0 amide bonds. The van der Waals surface area contributed by atoms with Gasteiger partial charge in [0.25, 0.3) is 0 Å². The first-order valence-electron chi connectivity index (χ1n) is 3.78. The first kappa shape index (κ1) is 6.79. The Morgan fingerprint density at radius 1 is 1.44 bits per heavy atom. The molecule has 0 bridgehead atoms. The van der Waals surface area contributed by atoms with Gasteiger partial charge < -0.3 is 4.79 Å².